The van der Waals surface area contributed by atoms with Crippen LogP contribution in [0.2, 0.25) is 0 Å². The van der Waals surface area contributed by atoms with Gasteiger partial charge in [0.1, 0.15) is 0 Å². The predicted molar refractivity (Wildman–Crippen MR) is 75.0 cm³/mol. The third-order valence-electron chi connectivity index (χ3n) is 2.63. The molecule has 0 radical (unpaired) electrons. The van der Waals surface area contributed by atoms with Crippen LogP contribution in [0.1, 0.15) is 41.0 Å². The van der Waals surface area contributed by atoms with Gasteiger partial charge < -0.3 is 4.90 Å². The van der Waals surface area contributed by atoms with E-state index in [9.17, 15) is 0 Å². The predicted octanol–water partition coefficient (Wildman–Crippen LogP) is 3.22. The first-order valence-electron chi connectivity index (χ1n) is 6.39. The van der Waals surface area contributed by atoms with Crippen molar-refractivity contribution in [3.05, 3.63) is 4.77 Å². The van der Waals surface area contributed by atoms with E-state index in [1.807, 2.05) is 0 Å². The van der Waals surface area contributed by atoms with Crippen molar-refractivity contribution in [3.8, 4) is 0 Å². The van der Waals surface area contributed by atoms with E-state index in [1.54, 1.807) is 0 Å². The molecular formula is C12H24N4S. The third-order valence-corrected chi connectivity index (χ3v) is 2.94. The average Bonchev–Trinajstić information content (AvgIpc) is 2.57. The van der Waals surface area contributed by atoms with E-state index in [4.69, 9.17) is 12.2 Å². The topological polar surface area (TPSA) is 36.9 Å². The average molecular weight is 256 g/mol. The molecule has 1 heterocycles. The number of aromatic amines is 1. The van der Waals surface area contributed by atoms with Crippen LogP contribution in [0.4, 0.5) is 5.95 Å². The summed E-state index contributed by atoms with van der Waals surface area (Å²) < 4.78 is 2.81. The van der Waals surface area contributed by atoms with E-state index in [2.05, 4.69) is 54.3 Å². The van der Waals surface area contributed by atoms with Gasteiger partial charge in [-0.25, -0.2) is 5.10 Å². The first kappa shape index (κ1) is 14.2. The minimum atomic E-state index is 0.429. The molecular weight excluding hydrogens is 232 g/mol. The first-order valence-corrected chi connectivity index (χ1v) is 6.80. The van der Waals surface area contributed by atoms with Crippen molar-refractivity contribution >= 4 is 18.2 Å². The molecule has 0 unspecified atom stereocenters. The van der Waals surface area contributed by atoms with Crippen molar-refractivity contribution in [2.45, 2.75) is 53.6 Å². The molecule has 1 rings (SSSR count). The molecule has 17 heavy (non-hydrogen) atoms. The highest BCUT2D eigenvalue weighted by atomic mass is 32.1. The number of nitrogens with zero attached hydrogens (tertiary/aromatic N) is 3. The van der Waals surface area contributed by atoms with Crippen molar-refractivity contribution in [1.82, 2.24) is 14.8 Å². The van der Waals surface area contributed by atoms with Gasteiger partial charge in [0.2, 0.25) is 5.95 Å². The Bertz CT molecular complexity index is 391. The maximum absolute atomic E-state index is 5.28. The largest absolute Gasteiger partial charge is 0.338 e. The molecule has 0 atom stereocenters. The van der Waals surface area contributed by atoms with Crippen molar-refractivity contribution in [3.63, 3.8) is 0 Å². The Kier molecular flexibility index (Phi) is 5.18. The van der Waals surface area contributed by atoms with Gasteiger partial charge in [-0.05, 0) is 38.4 Å². The lowest BCUT2D eigenvalue weighted by Crippen LogP contribution is -2.36. The normalized spacial score (nSPS) is 11.5. The van der Waals surface area contributed by atoms with Crippen LogP contribution < -0.4 is 4.90 Å². The van der Waals surface area contributed by atoms with Gasteiger partial charge in [-0.1, -0.05) is 20.8 Å². The number of hydrogen-bond acceptors (Lipinski definition) is 3. The zero-order valence-corrected chi connectivity index (χ0v) is 12.3. The third kappa shape index (κ3) is 3.56. The van der Waals surface area contributed by atoms with E-state index in [1.165, 1.54) is 0 Å². The van der Waals surface area contributed by atoms with Crippen molar-refractivity contribution < 1.29 is 0 Å². The van der Waals surface area contributed by atoms with Crippen LogP contribution in [0.3, 0.4) is 0 Å². The van der Waals surface area contributed by atoms with E-state index >= 15 is 0 Å². The summed E-state index contributed by atoms with van der Waals surface area (Å²) in [7, 11) is 0. The molecule has 1 aromatic heterocycles. The number of anilines is 1. The smallest absolute Gasteiger partial charge is 0.225 e. The number of hydrogen-bond donors (Lipinski definition) is 1. The second-order valence-corrected chi connectivity index (χ2v) is 5.51. The van der Waals surface area contributed by atoms with Crippen LogP contribution >= 0.6 is 12.2 Å². The van der Waals surface area contributed by atoms with Crippen LogP contribution in [-0.2, 0) is 6.54 Å². The van der Waals surface area contributed by atoms with E-state index < -0.39 is 0 Å². The Morgan fingerprint density at radius 3 is 2.47 bits per heavy atom. The Morgan fingerprint density at radius 1 is 1.35 bits per heavy atom. The standard InChI is InChI=1S/C12H24N4S/c1-6-7-15-11(13-14-12(15)17)16(10(4)5)8-9(2)3/h9-10H,6-8H2,1-5H3,(H,14,17). The molecule has 0 amide bonds. The summed E-state index contributed by atoms with van der Waals surface area (Å²) in [5, 5.41) is 7.29. The molecule has 1 aromatic rings. The Morgan fingerprint density at radius 2 is 2.00 bits per heavy atom. The summed E-state index contributed by atoms with van der Waals surface area (Å²) in [6.07, 6.45) is 1.06. The molecule has 0 fully saturated rings. The van der Waals surface area contributed by atoms with Gasteiger partial charge in [0, 0.05) is 19.1 Å². The molecule has 0 aliphatic rings. The van der Waals surface area contributed by atoms with Crippen molar-refractivity contribution in [1.29, 1.82) is 0 Å². The Hall–Kier alpha value is -0.840. The van der Waals surface area contributed by atoms with E-state index in [-0.39, 0.29) is 0 Å². The van der Waals surface area contributed by atoms with Gasteiger partial charge in [0.05, 0.1) is 0 Å². The fraction of sp³-hybridized carbons (Fsp3) is 0.833. The minimum Gasteiger partial charge on any atom is -0.338 e. The molecule has 0 aliphatic heterocycles. The van der Waals surface area contributed by atoms with Crippen LogP contribution in [-0.4, -0.2) is 27.4 Å². The zero-order valence-electron chi connectivity index (χ0n) is 11.5. The van der Waals surface area contributed by atoms with Gasteiger partial charge in [-0.15, -0.1) is 5.10 Å². The summed E-state index contributed by atoms with van der Waals surface area (Å²) in [5.74, 6) is 1.58. The highest BCUT2D eigenvalue weighted by Gasteiger charge is 2.18. The lowest BCUT2D eigenvalue weighted by molar-refractivity contribution is 0.541. The van der Waals surface area contributed by atoms with Gasteiger partial charge in [-0.2, -0.15) is 0 Å². The Labute approximate surface area is 109 Å². The molecule has 0 bridgehead atoms. The molecule has 0 spiro atoms. The Balaban J connectivity index is 3.05. The van der Waals surface area contributed by atoms with E-state index in [0.717, 1.165) is 30.2 Å². The molecule has 4 nitrogen and oxygen atoms in total. The van der Waals surface area contributed by atoms with Crippen LogP contribution in [0, 0.1) is 10.7 Å². The summed E-state index contributed by atoms with van der Waals surface area (Å²) >= 11 is 5.28. The SMILES string of the molecule is CCCn1c(N(CC(C)C)C(C)C)n[nH]c1=S. The maximum Gasteiger partial charge on any atom is 0.225 e. The molecule has 1 N–H and O–H groups in total. The fourth-order valence-corrected chi connectivity index (χ4v) is 2.09. The molecule has 5 heteroatoms. The maximum atomic E-state index is 5.28. The molecule has 98 valence electrons. The monoisotopic (exact) mass is 256 g/mol. The highest BCUT2D eigenvalue weighted by Crippen LogP contribution is 2.17. The van der Waals surface area contributed by atoms with Gasteiger partial charge in [0.25, 0.3) is 0 Å². The highest BCUT2D eigenvalue weighted by molar-refractivity contribution is 7.71. The van der Waals surface area contributed by atoms with Crippen LogP contribution in [0.25, 0.3) is 0 Å². The lowest BCUT2D eigenvalue weighted by Gasteiger charge is -2.29. The summed E-state index contributed by atoms with van der Waals surface area (Å²) in [6, 6.07) is 0.429. The van der Waals surface area contributed by atoms with E-state index in [0.29, 0.717) is 12.0 Å². The van der Waals surface area contributed by atoms with Gasteiger partial charge >= 0.3 is 0 Å². The van der Waals surface area contributed by atoms with Gasteiger partial charge in [0.15, 0.2) is 4.77 Å². The lowest BCUT2D eigenvalue weighted by atomic mass is 10.2. The molecule has 0 aliphatic carbocycles. The van der Waals surface area contributed by atoms with Gasteiger partial charge in [-0.3, -0.25) is 4.57 Å². The zero-order chi connectivity index (χ0) is 13.0. The number of nitrogens with one attached hydrogen (secondary N) is 1. The first-order chi connectivity index (χ1) is 7.97. The molecule has 0 saturated heterocycles. The summed E-state index contributed by atoms with van der Waals surface area (Å²) in [4.78, 5) is 2.31. The summed E-state index contributed by atoms with van der Waals surface area (Å²) in [6.45, 7) is 12.9. The second kappa shape index (κ2) is 6.19. The van der Waals surface area contributed by atoms with Crippen LogP contribution in [0.5, 0.6) is 0 Å². The van der Waals surface area contributed by atoms with Crippen LogP contribution in [0.15, 0.2) is 0 Å². The van der Waals surface area contributed by atoms with Crippen molar-refractivity contribution in [2.75, 3.05) is 11.4 Å². The number of H-pyrrole nitrogens is 1. The van der Waals surface area contributed by atoms with Crippen molar-refractivity contribution in [2.24, 2.45) is 5.92 Å². The minimum absolute atomic E-state index is 0.429. The second-order valence-electron chi connectivity index (χ2n) is 5.12. The number of aromatic nitrogens is 3. The number of rotatable bonds is 6. The summed E-state index contributed by atoms with van der Waals surface area (Å²) in [5.41, 5.74) is 0. The quantitative estimate of drug-likeness (QED) is 0.794. The molecule has 0 saturated carbocycles. The fourth-order valence-electron chi connectivity index (χ4n) is 1.87. The molecule has 0 aromatic carbocycles.